The van der Waals surface area contributed by atoms with E-state index in [9.17, 15) is 15.1 Å². The molecule has 0 radical (unpaired) electrons. The number of allylic oxidation sites excluding steroid dienone is 1. The predicted octanol–water partition coefficient (Wildman–Crippen LogP) is 6.90. The van der Waals surface area contributed by atoms with Crippen LogP contribution in [-0.4, -0.2) is 35.2 Å². The standard InChI is InChI=1S/C30H39NO5/c1-6-7-8-9-10-17-35-28(33)23-13-12-22(19-27(23)32)36-20-26(31-34)21-11-14-24-25(18-21)30(4,5)16-15-29(24,2)3/h6,11-14,18-19,32,34H,1,7-10,15-17,20H2,2-5H3/b31-26-. The van der Waals surface area contributed by atoms with Crippen LogP contribution in [0, 0.1) is 0 Å². The van der Waals surface area contributed by atoms with Crippen LogP contribution in [0.4, 0.5) is 0 Å². The topological polar surface area (TPSA) is 88.4 Å². The van der Waals surface area contributed by atoms with Gasteiger partial charge in [-0.2, -0.15) is 0 Å². The average Bonchev–Trinajstić information content (AvgIpc) is 2.84. The number of aromatic hydroxyl groups is 1. The number of oxime groups is 1. The lowest BCUT2D eigenvalue weighted by Crippen LogP contribution is -2.34. The van der Waals surface area contributed by atoms with E-state index in [1.54, 1.807) is 6.07 Å². The number of ether oxygens (including phenoxy) is 2. The summed E-state index contributed by atoms with van der Waals surface area (Å²) in [6.07, 6.45) is 7.76. The minimum Gasteiger partial charge on any atom is -0.507 e. The summed E-state index contributed by atoms with van der Waals surface area (Å²) in [5.41, 5.74) is 3.98. The van der Waals surface area contributed by atoms with Gasteiger partial charge in [0, 0.05) is 11.6 Å². The molecule has 0 aliphatic heterocycles. The Balaban J connectivity index is 1.64. The summed E-state index contributed by atoms with van der Waals surface area (Å²) < 4.78 is 11.1. The van der Waals surface area contributed by atoms with E-state index in [1.807, 2.05) is 12.1 Å². The van der Waals surface area contributed by atoms with Gasteiger partial charge in [-0.05, 0) is 78.7 Å². The van der Waals surface area contributed by atoms with Crippen LogP contribution in [0.3, 0.4) is 0 Å². The van der Waals surface area contributed by atoms with Crippen molar-refractivity contribution in [2.75, 3.05) is 13.2 Å². The highest BCUT2D eigenvalue weighted by Crippen LogP contribution is 2.46. The third-order valence-corrected chi connectivity index (χ3v) is 7.16. The third-order valence-electron chi connectivity index (χ3n) is 7.16. The first-order chi connectivity index (χ1) is 17.1. The second kappa shape index (κ2) is 11.6. The zero-order chi connectivity index (χ0) is 26.3. The average molecular weight is 494 g/mol. The summed E-state index contributed by atoms with van der Waals surface area (Å²) in [4.78, 5) is 12.3. The predicted molar refractivity (Wildman–Crippen MR) is 143 cm³/mol. The maximum atomic E-state index is 12.3. The lowest BCUT2D eigenvalue weighted by molar-refractivity contribution is 0.0494. The number of carbonyl (C=O) groups excluding carboxylic acids is 1. The maximum Gasteiger partial charge on any atom is 0.341 e. The van der Waals surface area contributed by atoms with Crippen molar-refractivity contribution in [1.29, 1.82) is 0 Å². The Labute approximate surface area is 214 Å². The molecule has 1 aliphatic carbocycles. The van der Waals surface area contributed by atoms with E-state index in [0.717, 1.165) is 44.1 Å². The number of esters is 1. The van der Waals surface area contributed by atoms with Gasteiger partial charge in [0.1, 0.15) is 29.4 Å². The summed E-state index contributed by atoms with van der Waals surface area (Å²) in [5.74, 6) is -0.432. The molecule has 0 saturated heterocycles. The van der Waals surface area contributed by atoms with Crippen LogP contribution in [0.15, 0.2) is 54.2 Å². The highest BCUT2D eigenvalue weighted by atomic mass is 16.5. The van der Waals surface area contributed by atoms with Crippen molar-refractivity contribution in [3.05, 3.63) is 71.3 Å². The van der Waals surface area contributed by atoms with Crippen molar-refractivity contribution < 1.29 is 24.6 Å². The number of hydrogen-bond donors (Lipinski definition) is 2. The van der Waals surface area contributed by atoms with Crippen molar-refractivity contribution >= 4 is 11.7 Å². The minimum atomic E-state index is -0.569. The Bertz CT molecular complexity index is 1120. The summed E-state index contributed by atoms with van der Waals surface area (Å²) in [5, 5.41) is 23.5. The highest BCUT2D eigenvalue weighted by Gasteiger charge is 2.37. The molecule has 0 spiro atoms. The Kier molecular flexibility index (Phi) is 8.83. The van der Waals surface area contributed by atoms with Crippen molar-refractivity contribution in [2.45, 2.75) is 77.0 Å². The van der Waals surface area contributed by atoms with E-state index < -0.39 is 5.97 Å². The molecule has 0 heterocycles. The summed E-state index contributed by atoms with van der Waals surface area (Å²) in [7, 11) is 0. The molecule has 1 aliphatic rings. The molecule has 36 heavy (non-hydrogen) atoms. The molecule has 6 heteroatoms. The first kappa shape index (κ1) is 27.3. The first-order valence-electron chi connectivity index (χ1n) is 12.7. The second-order valence-corrected chi connectivity index (χ2v) is 10.8. The fraction of sp³-hybridized carbons (Fsp3) is 0.467. The summed E-state index contributed by atoms with van der Waals surface area (Å²) >= 11 is 0. The monoisotopic (exact) mass is 493 g/mol. The third kappa shape index (κ3) is 6.48. The minimum absolute atomic E-state index is 0.00699. The number of hydrogen-bond acceptors (Lipinski definition) is 6. The molecule has 2 N–H and O–H groups in total. The number of nitrogens with zero attached hydrogens (tertiary/aromatic N) is 1. The highest BCUT2D eigenvalue weighted by molar-refractivity contribution is 6.01. The number of unbranched alkanes of at least 4 members (excludes halogenated alkanes) is 3. The van der Waals surface area contributed by atoms with Gasteiger partial charge < -0.3 is 19.8 Å². The second-order valence-electron chi connectivity index (χ2n) is 10.8. The number of fused-ring (bicyclic) bond motifs is 1. The zero-order valence-electron chi connectivity index (χ0n) is 22.0. The van der Waals surface area contributed by atoms with Gasteiger partial charge in [-0.15, -0.1) is 6.58 Å². The molecular formula is C30H39NO5. The van der Waals surface area contributed by atoms with Crippen LogP contribution in [0.2, 0.25) is 0 Å². The van der Waals surface area contributed by atoms with Gasteiger partial charge in [0.15, 0.2) is 0 Å². The fourth-order valence-corrected chi connectivity index (χ4v) is 4.67. The number of carbonyl (C=O) groups is 1. The molecular weight excluding hydrogens is 454 g/mol. The molecule has 2 aromatic carbocycles. The van der Waals surface area contributed by atoms with E-state index in [-0.39, 0.29) is 28.7 Å². The Morgan fingerprint density at radius 3 is 2.42 bits per heavy atom. The van der Waals surface area contributed by atoms with Crippen LogP contribution in [0.5, 0.6) is 11.5 Å². The van der Waals surface area contributed by atoms with Crippen molar-refractivity contribution in [3.8, 4) is 11.5 Å². The normalized spacial score (nSPS) is 16.2. The molecule has 0 unspecified atom stereocenters. The molecule has 0 fully saturated rings. The number of phenolic OH excluding ortho intramolecular Hbond substituents is 1. The largest absolute Gasteiger partial charge is 0.507 e. The Morgan fingerprint density at radius 1 is 1.03 bits per heavy atom. The number of phenols is 1. The Hall–Kier alpha value is -3.28. The number of rotatable bonds is 11. The lowest BCUT2D eigenvalue weighted by Gasteiger charge is -2.42. The van der Waals surface area contributed by atoms with Gasteiger partial charge >= 0.3 is 5.97 Å². The van der Waals surface area contributed by atoms with Gasteiger partial charge in [0.05, 0.1) is 6.61 Å². The molecule has 194 valence electrons. The number of benzene rings is 2. The van der Waals surface area contributed by atoms with Gasteiger partial charge in [-0.3, -0.25) is 0 Å². The summed E-state index contributed by atoms with van der Waals surface area (Å²) in [6.45, 7) is 13.0. The van der Waals surface area contributed by atoms with Gasteiger partial charge in [-0.25, -0.2) is 4.79 Å². The van der Waals surface area contributed by atoms with Crippen LogP contribution >= 0.6 is 0 Å². The zero-order valence-corrected chi connectivity index (χ0v) is 22.0. The molecule has 0 saturated carbocycles. The summed E-state index contributed by atoms with van der Waals surface area (Å²) in [6, 6.07) is 10.6. The van der Waals surface area contributed by atoms with Gasteiger partial charge in [-0.1, -0.05) is 51.1 Å². The van der Waals surface area contributed by atoms with E-state index in [4.69, 9.17) is 9.47 Å². The van der Waals surface area contributed by atoms with Crippen LogP contribution in [0.25, 0.3) is 0 Å². The molecule has 3 rings (SSSR count). The van der Waals surface area contributed by atoms with Crippen LogP contribution in [0.1, 0.15) is 93.3 Å². The maximum absolute atomic E-state index is 12.3. The van der Waals surface area contributed by atoms with E-state index in [1.165, 1.54) is 23.3 Å². The van der Waals surface area contributed by atoms with Gasteiger partial charge in [0.25, 0.3) is 0 Å². The molecule has 0 atom stereocenters. The van der Waals surface area contributed by atoms with Crippen molar-refractivity contribution in [2.24, 2.45) is 5.16 Å². The fourth-order valence-electron chi connectivity index (χ4n) is 4.67. The van der Waals surface area contributed by atoms with Crippen molar-refractivity contribution in [3.63, 3.8) is 0 Å². The molecule has 2 aromatic rings. The van der Waals surface area contributed by atoms with Gasteiger partial charge in [0.2, 0.25) is 0 Å². The molecule has 0 amide bonds. The molecule has 0 aromatic heterocycles. The molecule has 0 bridgehead atoms. The smallest absolute Gasteiger partial charge is 0.341 e. The SMILES string of the molecule is C=CCCCCCOC(=O)c1ccc(OC/C(=N/O)c2ccc3c(c2)C(C)(C)CCC3(C)C)cc1O. The van der Waals surface area contributed by atoms with Crippen LogP contribution in [-0.2, 0) is 15.6 Å². The van der Waals surface area contributed by atoms with Crippen LogP contribution < -0.4 is 4.74 Å². The van der Waals surface area contributed by atoms with Crippen molar-refractivity contribution in [1.82, 2.24) is 0 Å². The quantitative estimate of drug-likeness (QED) is 0.0887. The van der Waals surface area contributed by atoms with E-state index in [0.29, 0.717) is 18.1 Å². The van der Waals surface area contributed by atoms with E-state index >= 15 is 0 Å². The molecule has 6 nitrogen and oxygen atoms in total. The lowest BCUT2D eigenvalue weighted by atomic mass is 9.63. The Morgan fingerprint density at radius 2 is 1.75 bits per heavy atom. The van der Waals surface area contributed by atoms with E-state index in [2.05, 4.69) is 51.6 Å². The first-order valence-corrected chi connectivity index (χ1v) is 12.7.